The third-order valence-corrected chi connectivity index (χ3v) is 6.37. The first-order chi connectivity index (χ1) is 17.4. The summed E-state index contributed by atoms with van der Waals surface area (Å²) in [5.41, 5.74) is 5.47. The molecule has 9 heteroatoms. The van der Waals surface area contributed by atoms with Crippen LogP contribution in [0.4, 0.5) is 5.69 Å². The molecule has 2 atom stereocenters. The van der Waals surface area contributed by atoms with Gasteiger partial charge in [0.1, 0.15) is 0 Å². The van der Waals surface area contributed by atoms with E-state index in [1.54, 1.807) is 31.3 Å². The number of halogens is 1. The molecule has 0 aliphatic carbocycles. The van der Waals surface area contributed by atoms with Crippen LogP contribution in [-0.4, -0.2) is 40.6 Å². The molecule has 0 bridgehead atoms. The van der Waals surface area contributed by atoms with Crippen LogP contribution in [0.15, 0.2) is 65.4 Å². The van der Waals surface area contributed by atoms with Gasteiger partial charge in [-0.25, -0.2) is 4.52 Å². The van der Waals surface area contributed by atoms with Crippen molar-refractivity contribution in [2.75, 3.05) is 11.9 Å². The number of anilines is 1. The lowest BCUT2D eigenvalue weighted by Gasteiger charge is -2.26. The van der Waals surface area contributed by atoms with Crippen LogP contribution in [-0.2, 0) is 0 Å². The number of fused-ring (bicyclic) bond motifs is 1. The number of benzene rings is 1. The van der Waals surface area contributed by atoms with E-state index in [4.69, 9.17) is 11.8 Å². The first-order valence-corrected chi connectivity index (χ1v) is 12.7. The van der Waals surface area contributed by atoms with Crippen LogP contribution in [0.2, 0.25) is 0 Å². The monoisotopic (exact) mass is 509 g/mol. The zero-order valence-corrected chi connectivity index (χ0v) is 22.4. The topological polar surface area (TPSA) is 94.8 Å². The van der Waals surface area contributed by atoms with Crippen LogP contribution in [0.3, 0.4) is 0 Å². The number of carbonyl (C=O) groups is 1. The molecular weight excluding hydrogens is 474 g/mol. The van der Waals surface area contributed by atoms with E-state index in [2.05, 4.69) is 58.6 Å². The van der Waals surface area contributed by atoms with Crippen LogP contribution in [0.1, 0.15) is 62.9 Å². The van der Waals surface area contributed by atoms with Gasteiger partial charge in [-0.15, -0.1) is 0 Å². The van der Waals surface area contributed by atoms with Gasteiger partial charge in [-0.3, -0.25) is 14.6 Å². The van der Waals surface area contributed by atoms with Crippen molar-refractivity contribution in [3.63, 3.8) is 0 Å². The second kappa shape index (κ2) is 13.0. The van der Waals surface area contributed by atoms with E-state index in [1.165, 1.54) is 0 Å². The molecule has 3 aromatic rings. The highest BCUT2D eigenvalue weighted by atomic mass is 35.5. The Bertz CT molecular complexity index is 1210. The predicted molar refractivity (Wildman–Crippen MR) is 149 cm³/mol. The van der Waals surface area contributed by atoms with Crippen LogP contribution < -0.4 is 20.8 Å². The molecule has 0 saturated carbocycles. The lowest BCUT2D eigenvalue weighted by Crippen LogP contribution is -2.46. The van der Waals surface area contributed by atoms with E-state index in [9.17, 15) is 4.79 Å². The molecule has 2 aromatic heterocycles. The van der Waals surface area contributed by atoms with Gasteiger partial charge in [0.15, 0.2) is 5.96 Å². The molecule has 0 fully saturated rings. The summed E-state index contributed by atoms with van der Waals surface area (Å²) < 4.78 is 1.86. The zero-order valence-electron chi connectivity index (χ0n) is 21.6. The molecule has 36 heavy (non-hydrogen) atoms. The molecule has 3 rings (SSSR count). The predicted octanol–water partition coefficient (Wildman–Crippen LogP) is 5.19. The molecule has 0 unspecified atom stereocenters. The number of hydrogen-bond donors (Lipinski definition) is 4. The number of hydrogen-bond acceptors (Lipinski definition) is 4. The van der Waals surface area contributed by atoms with Crippen molar-refractivity contribution in [2.45, 2.75) is 59.0 Å². The Balaban J connectivity index is 1.68. The minimum atomic E-state index is -0.0970. The minimum absolute atomic E-state index is 0.0152. The average Bonchev–Trinajstić information content (AvgIpc) is 3.33. The molecule has 4 N–H and O–H groups in total. The first kappa shape index (κ1) is 27.1. The molecular formula is C27H36ClN7O. The summed E-state index contributed by atoms with van der Waals surface area (Å²) in [5, 5.41) is 14.7. The highest BCUT2D eigenvalue weighted by Crippen LogP contribution is 2.21. The third kappa shape index (κ3) is 6.79. The van der Waals surface area contributed by atoms with Crippen molar-refractivity contribution in [3.8, 4) is 0 Å². The van der Waals surface area contributed by atoms with Gasteiger partial charge in [0.2, 0.25) is 0 Å². The fraction of sp³-hybridized carbons (Fsp3) is 0.370. The van der Waals surface area contributed by atoms with E-state index in [1.807, 2.05) is 35.1 Å². The zero-order chi connectivity index (χ0) is 26.1. The summed E-state index contributed by atoms with van der Waals surface area (Å²) in [6.07, 6.45) is 6.27. The Morgan fingerprint density at radius 2 is 1.75 bits per heavy atom. The molecule has 8 nitrogen and oxygen atoms in total. The van der Waals surface area contributed by atoms with E-state index in [0.29, 0.717) is 11.5 Å². The van der Waals surface area contributed by atoms with Crippen molar-refractivity contribution in [1.29, 1.82) is 0 Å². The molecule has 0 aliphatic rings. The van der Waals surface area contributed by atoms with Gasteiger partial charge in [0.05, 0.1) is 17.4 Å². The lowest BCUT2D eigenvalue weighted by molar-refractivity contribution is 0.0932. The molecule has 1 amide bonds. The van der Waals surface area contributed by atoms with Crippen LogP contribution in [0.25, 0.3) is 11.2 Å². The van der Waals surface area contributed by atoms with E-state index in [0.717, 1.165) is 47.3 Å². The average molecular weight is 510 g/mol. The van der Waals surface area contributed by atoms with Gasteiger partial charge in [-0.05, 0) is 69.5 Å². The molecule has 192 valence electrons. The summed E-state index contributed by atoms with van der Waals surface area (Å²) in [6, 6.07) is 13.2. The SMILES string of the molecule is CC[C@@H](C[C@@H](CC)NC(=NC)NC(=C(C)C)c1cnn2ccccc12)NC(=O)c1ccc(NCl)cc1. The van der Waals surface area contributed by atoms with Gasteiger partial charge < -0.3 is 16.0 Å². The number of pyridine rings is 1. The Morgan fingerprint density at radius 1 is 1.06 bits per heavy atom. The van der Waals surface area contributed by atoms with Crippen molar-refractivity contribution >= 4 is 40.5 Å². The van der Waals surface area contributed by atoms with Gasteiger partial charge >= 0.3 is 0 Å². The number of guanidine groups is 1. The Labute approximate surface area is 218 Å². The van der Waals surface area contributed by atoms with Crippen molar-refractivity contribution in [3.05, 3.63) is 71.6 Å². The number of amides is 1. The highest BCUT2D eigenvalue weighted by molar-refractivity contribution is 6.24. The van der Waals surface area contributed by atoms with E-state index in [-0.39, 0.29) is 18.0 Å². The van der Waals surface area contributed by atoms with Gasteiger partial charge in [0.25, 0.3) is 5.91 Å². The second-order valence-corrected chi connectivity index (χ2v) is 9.09. The molecule has 0 aliphatic heterocycles. The van der Waals surface area contributed by atoms with Crippen molar-refractivity contribution < 1.29 is 4.79 Å². The summed E-state index contributed by atoms with van der Waals surface area (Å²) in [6.45, 7) is 8.34. The first-order valence-electron chi connectivity index (χ1n) is 12.3. The standard InChI is InChI=1S/C27H36ClN7O/c1-6-20(31-26(36)19-11-13-22(34-28)14-12-19)16-21(7-2)32-27(29-5)33-25(18(3)4)23-17-30-35-15-9-8-10-24(23)35/h8-15,17,20-21,34H,6-7,16H2,1-5H3,(H,31,36)(H2,29,32,33)/t20-,21+/m0/s1. The number of aliphatic imine (C=N–C) groups is 1. The number of carbonyl (C=O) groups excluding carboxylic acids is 1. The fourth-order valence-corrected chi connectivity index (χ4v) is 4.14. The van der Waals surface area contributed by atoms with E-state index < -0.39 is 0 Å². The van der Waals surface area contributed by atoms with Crippen LogP contribution in [0, 0.1) is 0 Å². The van der Waals surface area contributed by atoms with Crippen LogP contribution >= 0.6 is 11.8 Å². The summed E-state index contributed by atoms with van der Waals surface area (Å²) in [7, 11) is 1.76. The Kier molecular flexibility index (Phi) is 9.76. The number of nitrogens with zero attached hydrogens (tertiary/aromatic N) is 3. The molecule has 1 aromatic carbocycles. The Hall–Kier alpha value is -3.52. The number of allylic oxidation sites excluding steroid dienone is 1. The quantitative estimate of drug-likeness (QED) is 0.171. The smallest absolute Gasteiger partial charge is 0.251 e. The molecule has 0 spiro atoms. The fourth-order valence-electron chi connectivity index (χ4n) is 4.01. The lowest BCUT2D eigenvalue weighted by atomic mass is 10.0. The third-order valence-electron chi connectivity index (χ3n) is 6.15. The highest BCUT2D eigenvalue weighted by Gasteiger charge is 2.19. The maximum atomic E-state index is 12.8. The number of rotatable bonds is 10. The summed E-state index contributed by atoms with van der Waals surface area (Å²) in [4.78, 5) is 19.8. The number of aromatic nitrogens is 2. The Morgan fingerprint density at radius 3 is 2.36 bits per heavy atom. The van der Waals surface area contributed by atoms with Gasteiger partial charge in [-0.1, -0.05) is 25.5 Å². The van der Waals surface area contributed by atoms with Gasteiger partial charge in [-0.2, -0.15) is 5.10 Å². The maximum Gasteiger partial charge on any atom is 0.251 e. The summed E-state index contributed by atoms with van der Waals surface area (Å²) in [5.74, 6) is 0.582. The van der Waals surface area contributed by atoms with Gasteiger partial charge in [0, 0.05) is 53.9 Å². The van der Waals surface area contributed by atoms with E-state index >= 15 is 0 Å². The minimum Gasteiger partial charge on any atom is -0.353 e. The summed E-state index contributed by atoms with van der Waals surface area (Å²) >= 11 is 5.62. The van der Waals surface area contributed by atoms with Crippen molar-refractivity contribution in [1.82, 2.24) is 25.6 Å². The normalized spacial score (nSPS) is 13.1. The molecule has 0 saturated heterocycles. The second-order valence-electron chi connectivity index (χ2n) is 8.90. The number of nitrogens with one attached hydrogen (secondary N) is 4. The van der Waals surface area contributed by atoms with Crippen LogP contribution in [0.5, 0.6) is 0 Å². The molecule has 2 heterocycles. The maximum absolute atomic E-state index is 12.8. The molecule has 0 radical (unpaired) electrons. The largest absolute Gasteiger partial charge is 0.353 e. The van der Waals surface area contributed by atoms with Crippen molar-refractivity contribution in [2.24, 2.45) is 4.99 Å².